The fourth-order valence-corrected chi connectivity index (χ4v) is 1.94. The van der Waals surface area contributed by atoms with E-state index in [-0.39, 0.29) is 11.5 Å². The number of para-hydroxylation sites is 1. The molecule has 0 saturated carbocycles. The van der Waals surface area contributed by atoms with E-state index in [4.69, 9.17) is 10.00 Å². The lowest BCUT2D eigenvalue weighted by Crippen LogP contribution is -2.28. The van der Waals surface area contributed by atoms with Crippen LogP contribution in [0.15, 0.2) is 66.4 Å². The molecule has 0 radical (unpaired) electrons. The average Bonchev–Trinajstić information content (AvgIpc) is 2.62. The van der Waals surface area contributed by atoms with Gasteiger partial charge in [-0.3, -0.25) is 4.79 Å². The topological polar surface area (TPSA) is 74.2 Å². The number of carbonyl (C=O) groups is 1. The zero-order valence-electron chi connectivity index (χ0n) is 14.3. The van der Waals surface area contributed by atoms with Gasteiger partial charge in [0.25, 0.3) is 5.91 Å². The van der Waals surface area contributed by atoms with Crippen LogP contribution < -0.4 is 15.4 Å². The summed E-state index contributed by atoms with van der Waals surface area (Å²) in [7, 11) is 0. The number of anilines is 1. The summed E-state index contributed by atoms with van der Waals surface area (Å²) in [5.41, 5.74) is 0.787. The summed E-state index contributed by atoms with van der Waals surface area (Å²) in [5.74, 6) is 1.41. The van der Waals surface area contributed by atoms with Gasteiger partial charge in [0.05, 0.1) is 0 Å². The molecule has 0 aliphatic heterocycles. The minimum absolute atomic E-state index is 0.0327. The van der Waals surface area contributed by atoms with E-state index < -0.39 is 0 Å². The molecule has 0 unspecified atom stereocenters. The quantitative estimate of drug-likeness (QED) is 0.591. The Morgan fingerprint density at radius 2 is 1.76 bits per heavy atom. The van der Waals surface area contributed by atoms with Crippen molar-refractivity contribution < 1.29 is 9.53 Å². The normalized spacial score (nSPS) is 10.9. The molecular formula is C20H21N3O2. The third-order valence-electron chi connectivity index (χ3n) is 3.25. The predicted octanol–water partition coefficient (Wildman–Crippen LogP) is 4.07. The van der Waals surface area contributed by atoms with E-state index in [0.717, 1.165) is 11.4 Å². The van der Waals surface area contributed by atoms with Crippen molar-refractivity contribution in [3.63, 3.8) is 0 Å². The first-order chi connectivity index (χ1) is 12.1. The molecule has 5 nitrogen and oxygen atoms in total. The van der Waals surface area contributed by atoms with Gasteiger partial charge in [-0.25, -0.2) is 0 Å². The lowest BCUT2D eigenvalue weighted by atomic mass is 10.2. The lowest BCUT2D eigenvalue weighted by molar-refractivity contribution is -0.117. The predicted molar refractivity (Wildman–Crippen MR) is 98.1 cm³/mol. The fourth-order valence-electron chi connectivity index (χ4n) is 1.94. The second-order valence-corrected chi connectivity index (χ2v) is 5.86. The maximum absolute atomic E-state index is 11.9. The Bertz CT molecular complexity index is 760. The zero-order valence-corrected chi connectivity index (χ0v) is 14.3. The summed E-state index contributed by atoms with van der Waals surface area (Å²) in [4.78, 5) is 11.9. The molecule has 1 amide bonds. The molecule has 0 fully saturated rings. The van der Waals surface area contributed by atoms with Crippen LogP contribution in [-0.4, -0.2) is 12.5 Å². The molecule has 0 saturated heterocycles. The van der Waals surface area contributed by atoms with Gasteiger partial charge in [0.15, 0.2) is 0 Å². The van der Waals surface area contributed by atoms with E-state index >= 15 is 0 Å². The van der Waals surface area contributed by atoms with Crippen LogP contribution >= 0.6 is 0 Å². The Labute approximate surface area is 147 Å². The van der Waals surface area contributed by atoms with Crippen LogP contribution in [0.25, 0.3) is 0 Å². The highest BCUT2D eigenvalue weighted by atomic mass is 16.5. The second-order valence-electron chi connectivity index (χ2n) is 5.86. The van der Waals surface area contributed by atoms with Gasteiger partial charge in [0.2, 0.25) is 0 Å². The number of rotatable bonds is 7. The van der Waals surface area contributed by atoms with Crippen LogP contribution in [0.1, 0.15) is 13.8 Å². The van der Waals surface area contributed by atoms with E-state index in [9.17, 15) is 4.79 Å². The molecule has 0 aromatic heterocycles. The van der Waals surface area contributed by atoms with E-state index in [1.54, 1.807) is 0 Å². The number of nitriles is 1. The second kappa shape index (κ2) is 9.14. The van der Waals surface area contributed by atoms with Gasteiger partial charge in [-0.15, -0.1) is 0 Å². The molecular weight excluding hydrogens is 314 g/mol. The number of hydrogen-bond acceptors (Lipinski definition) is 4. The van der Waals surface area contributed by atoms with Crippen molar-refractivity contribution in [2.24, 2.45) is 5.92 Å². The van der Waals surface area contributed by atoms with Crippen molar-refractivity contribution in [3.05, 3.63) is 66.4 Å². The number of nitrogens with zero attached hydrogens (tertiary/aromatic N) is 1. The fraction of sp³-hybridized carbons (Fsp3) is 0.200. The van der Waals surface area contributed by atoms with Gasteiger partial charge in [-0.1, -0.05) is 32.0 Å². The van der Waals surface area contributed by atoms with Crippen molar-refractivity contribution in [1.29, 1.82) is 5.26 Å². The molecule has 2 aromatic rings. The van der Waals surface area contributed by atoms with E-state index in [2.05, 4.69) is 10.6 Å². The number of nitrogens with one attached hydrogen (secondary N) is 2. The first-order valence-corrected chi connectivity index (χ1v) is 8.06. The van der Waals surface area contributed by atoms with Gasteiger partial charge in [-0.05, 0) is 42.3 Å². The minimum atomic E-state index is -0.382. The maximum Gasteiger partial charge on any atom is 0.263 e. The van der Waals surface area contributed by atoms with Crippen LogP contribution in [0.5, 0.6) is 11.5 Å². The number of ether oxygens (including phenoxy) is 1. The molecule has 2 aromatic carbocycles. The number of benzene rings is 2. The van der Waals surface area contributed by atoms with Gasteiger partial charge in [0.1, 0.15) is 23.1 Å². The molecule has 2 rings (SSSR count). The van der Waals surface area contributed by atoms with E-state index in [0.29, 0.717) is 18.2 Å². The van der Waals surface area contributed by atoms with Crippen LogP contribution in [-0.2, 0) is 4.79 Å². The number of carbonyl (C=O) groups excluding carboxylic acids is 1. The standard InChI is InChI=1S/C20H21N3O2/c1-15(2)13-23-20(24)16(12-21)14-22-17-8-10-19(11-9-17)25-18-6-4-3-5-7-18/h3-11,14-15,22H,13H2,1-2H3,(H,23,24)/b16-14-. The smallest absolute Gasteiger partial charge is 0.263 e. The summed E-state index contributed by atoms with van der Waals surface area (Å²) in [6.07, 6.45) is 1.41. The molecule has 0 spiro atoms. The van der Waals surface area contributed by atoms with Crippen molar-refractivity contribution in [2.75, 3.05) is 11.9 Å². The minimum Gasteiger partial charge on any atom is -0.457 e. The Morgan fingerprint density at radius 3 is 2.36 bits per heavy atom. The van der Waals surface area contributed by atoms with Crippen LogP contribution in [0.2, 0.25) is 0 Å². The molecule has 128 valence electrons. The van der Waals surface area contributed by atoms with Crippen LogP contribution in [0.4, 0.5) is 5.69 Å². The molecule has 25 heavy (non-hydrogen) atoms. The Morgan fingerprint density at radius 1 is 1.12 bits per heavy atom. The molecule has 0 bridgehead atoms. The maximum atomic E-state index is 11.9. The summed E-state index contributed by atoms with van der Waals surface area (Å²) in [6.45, 7) is 4.52. The third kappa shape index (κ3) is 6.04. The van der Waals surface area contributed by atoms with Crippen LogP contribution in [0, 0.1) is 17.2 Å². The highest BCUT2D eigenvalue weighted by Crippen LogP contribution is 2.22. The molecule has 0 aliphatic carbocycles. The monoisotopic (exact) mass is 335 g/mol. The average molecular weight is 335 g/mol. The van der Waals surface area contributed by atoms with Crippen molar-refractivity contribution in [2.45, 2.75) is 13.8 Å². The first kappa shape index (κ1) is 18.1. The Hall–Kier alpha value is -3.26. The zero-order chi connectivity index (χ0) is 18.1. The van der Waals surface area contributed by atoms with Gasteiger partial charge < -0.3 is 15.4 Å². The van der Waals surface area contributed by atoms with Crippen LogP contribution in [0.3, 0.4) is 0 Å². The molecule has 2 N–H and O–H groups in total. The van der Waals surface area contributed by atoms with Crippen molar-refractivity contribution in [1.82, 2.24) is 5.32 Å². The summed E-state index contributed by atoms with van der Waals surface area (Å²) in [5, 5.41) is 14.8. The Balaban J connectivity index is 1.95. The molecule has 0 aliphatic rings. The third-order valence-corrected chi connectivity index (χ3v) is 3.25. The first-order valence-electron chi connectivity index (χ1n) is 8.06. The number of amides is 1. The molecule has 0 heterocycles. The largest absolute Gasteiger partial charge is 0.457 e. The summed E-state index contributed by atoms with van der Waals surface area (Å²) < 4.78 is 5.71. The Kier molecular flexibility index (Phi) is 6.61. The number of hydrogen-bond donors (Lipinski definition) is 2. The molecule has 5 heteroatoms. The van der Waals surface area contributed by atoms with Crippen molar-refractivity contribution >= 4 is 11.6 Å². The van der Waals surface area contributed by atoms with Gasteiger partial charge >= 0.3 is 0 Å². The SMILES string of the molecule is CC(C)CNC(=O)/C(C#N)=C\Nc1ccc(Oc2ccccc2)cc1. The van der Waals surface area contributed by atoms with E-state index in [1.165, 1.54) is 6.20 Å². The van der Waals surface area contributed by atoms with Gasteiger partial charge in [0, 0.05) is 18.4 Å². The molecule has 0 atom stereocenters. The van der Waals surface area contributed by atoms with Gasteiger partial charge in [-0.2, -0.15) is 5.26 Å². The summed E-state index contributed by atoms with van der Waals surface area (Å²) in [6, 6.07) is 18.7. The lowest BCUT2D eigenvalue weighted by Gasteiger charge is -2.08. The van der Waals surface area contributed by atoms with Crippen molar-refractivity contribution in [3.8, 4) is 17.6 Å². The summed E-state index contributed by atoms with van der Waals surface area (Å²) >= 11 is 0. The highest BCUT2D eigenvalue weighted by molar-refractivity contribution is 5.97. The highest BCUT2D eigenvalue weighted by Gasteiger charge is 2.08. The van der Waals surface area contributed by atoms with E-state index in [1.807, 2.05) is 74.5 Å².